The number of hydrogen-bond donors (Lipinski definition) is 3. The van der Waals surface area contributed by atoms with Gasteiger partial charge in [0, 0.05) is 18.9 Å². The quantitative estimate of drug-likeness (QED) is 0.699. The number of nitrogens with one attached hydrogen (secondary N) is 2. The van der Waals surface area contributed by atoms with Gasteiger partial charge in [0.2, 0.25) is 5.91 Å². The topological polar surface area (TPSA) is 95.5 Å². The van der Waals surface area contributed by atoms with Crippen molar-refractivity contribution in [2.24, 2.45) is 0 Å². The number of halogens is 3. The fraction of sp³-hybridized carbons (Fsp3) is 0.250. The van der Waals surface area contributed by atoms with Gasteiger partial charge in [-0.15, -0.1) is 0 Å². The number of imide groups is 1. The summed E-state index contributed by atoms with van der Waals surface area (Å²) in [6.07, 6.45) is -0.283. The van der Waals surface area contributed by atoms with E-state index in [1.807, 2.05) is 10.6 Å². The number of rotatable bonds is 5. The van der Waals surface area contributed by atoms with Crippen LogP contribution in [0.1, 0.15) is 19.3 Å². The van der Waals surface area contributed by atoms with Crippen molar-refractivity contribution >= 4 is 39.5 Å². The van der Waals surface area contributed by atoms with Gasteiger partial charge in [0.15, 0.2) is 0 Å². The minimum absolute atomic E-state index is 0.0491. The van der Waals surface area contributed by atoms with Gasteiger partial charge in [-0.2, -0.15) is 0 Å². The standard InChI is InChI=1S/C12H11BrF2N2O4/c13-6-4-9(8(15)5-7(6)14)16-12(21)17-10(18)2-1-3-11(19)20/h4-5H,1-3H2,(H,19,20)(H2,16,17,18,21). The van der Waals surface area contributed by atoms with Gasteiger partial charge in [-0.25, -0.2) is 13.6 Å². The highest BCUT2D eigenvalue weighted by Crippen LogP contribution is 2.23. The largest absolute Gasteiger partial charge is 0.481 e. The number of amides is 3. The minimum Gasteiger partial charge on any atom is -0.481 e. The molecule has 21 heavy (non-hydrogen) atoms. The smallest absolute Gasteiger partial charge is 0.325 e. The molecule has 0 bridgehead atoms. The van der Waals surface area contributed by atoms with E-state index < -0.39 is 29.5 Å². The molecule has 0 saturated carbocycles. The molecule has 114 valence electrons. The number of aliphatic carboxylic acids is 1. The predicted octanol–water partition coefficient (Wildman–Crippen LogP) is 2.63. The van der Waals surface area contributed by atoms with Crippen molar-refractivity contribution in [3.63, 3.8) is 0 Å². The molecule has 0 aliphatic carbocycles. The molecule has 6 nitrogen and oxygen atoms in total. The number of carbonyl (C=O) groups is 3. The van der Waals surface area contributed by atoms with E-state index in [2.05, 4.69) is 15.9 Å². The third-order valence-corrected chi connectivity index (χ3v) is 2.91. The molecule has 0 saturated heterocycles. The second-order valence-corrected chi connectivity index (χ2v) is 4.85. The zero-order chi connectivity index (χ0) is 16.0. The Kier molecular flexibility index (Phi) is 6.22. The monoisotopic (exact) mass is 364 g/mol. The molecule has 3 amide bonds. The third-order valence-electron chi connectivity index (χ3n) is 2.31. The lowest BCUT2D eigenvalue weighted by atomic mass is 10.2. The van der Waals surface area contributed by atoms with E-state index in [1.54, 1.807) is 0 Å². The van der Waals surface area contributed by atoms with Gasteiger partial charge in [-0.1, -0.05) is 0 Å². The van der Waals surface area contributed by atoms with Crippen LogP contribution in [0.25, 0.3) is 0 Å². The van der Waals surface area contributed by atoms with E-state index in [0.717, 1.165) is 6.07 Å². The molecule has 1 rings (SSSR count). The molecule has 0 aromatic heterocycles. The lowest BCUT2D eigenvalue weighted by molar-refractivity contribution is -0.137. The molecular weight excluding hydrogens is 354 g/mol. The Hall–Kier alpha value is -2.03. The highest BCUT2D eigenvalue weighted by molar-refractivity contribution is 9.10. The first-order valence-electron chi connectivity index (χ1n) is 5.76. The van der Waals surface area contributed by atoms with Crippen LogP contribution in [-0.2, 0) is 9.59 Å². The average Bonchev–Trinajstić information content (AvgIpc) is 2.35. The van der Waals surface area contributed by atoms with Gasteiger partial charge >= 0.3 is 12.0 Å². The summed E-state index contributed by atoms with van der Waals surface area (Å²) in [4.78, 5) is 33.0. The SMILES string of the molecule is O=C(O)CCCC(=O)NC(=O)Nc1cc(Br)c(F)cc1F. The number of anilines is 1. The number of carboxylic acid groups (broad SMARTS) is 1. The van der Waals surface area contributed by atoms with Crippen LogP contribution in [-0.4, -0.2) is 23.0 Å². The predicted molar refractivity (Wildman–Crippen MR) is 72.7 cm³/mol. The summed E-state index contributed by atoms with van der Waals surface area (Å²) in [7, 11) is 0. The van der Waals surface area contributed by atoms with Gasteiger partial charge < -0.3 is 10.4 Å². The van der Waals surface area contributed by atoms with Crippen molar-refractivity contribution in [2.75, 3.05) is 5.32 Å². The molecule has 1 aromatic rings. The van der Waals surface area contributed by atoms with Crippen molar-refractivity contribution in [1.82, 2.24) is 5.32 Å². The molecule has 3 N–H and O–H groups in total. The van der Waals surface area contributed by atoms with E-state index in [0.29, 0.717) is 6.07 Å². The van der Waals surface area contributed by atoms with Crippen LogP contribution in [0.5, 0.6) is 0 Å². The van der Waals surface area contributed by atoms with E-state index >= 15 is 0 Å². The van der Waals surface area contributed by atoms with Crippen LogP contribution in [0.15, 0.2) is 16.6 Å². The molecule has 0 aliphatic rings. The Morgan fingerprint density at radius 2 is 1.81 bits per heavy atom. The number of urea groups is 1. The lowest BCUT2D eigenvalue weighted by Gasteiger charge is -2.08. The molecule has 1 aromatic carbocycles. The second-order valence-electron chi connectivity index (χ2n) is 4.00. The first kappa shape index (κ1) is 17.0. The molecular formula is C12H11BrF2N2O4. The van der Waals surface area contributed by atoms with Gasteiger partial charge in [-0.3, -0.25) is 14.9 Å². The molecule has 9 heteroatoms. The summed E-state index contributed by atoms with van der Waals surface area (Å²) >= 11 is 2.83. The summed E-state index contributed by atoms with van der Waals surface area (Å²) in [6.45, 7) is 0. The first-order valence-corrected chi connectivity index (χ1v) is 6.56. The molecule has 0 aliphatic heterocycles. The highest BCUT2D eigenvalue weighted by Gasteiger charge is 2.13. The Morgan fingerprint density at radius 3 is 2.43 bits per heavy atom. The van der Waals surface area contributed by atoms with Crippen LogP contribution in [0.4, 0.5) is 19.3 Å². The summed E-state index contributed by atoms with van der Waals surface area (Å²) in [5.41, 5.74) is -0.306. The fourth-order valence-electron chi connectivity index (χ4n) is 1.36. The Balaban J connectivity index is 2.52. The van der Waals surface area contributed by atoms with Crippen LogP contribution in [0.3, 0.4) is 0 Å². The zero-order valence-corrected chi connectivity index (χ0v) is 12.2. The third kappa shape index (κ3) is 5.86. The minimum atomic E-state index is -1.05. The maximum absolute atomic E-state index is 13.4. The van der Waals surface area contributed by atoms with E-state index in [1.165, 1.54) is 0 Å². The van der Waals surface area contributed by atoms with Crippen molar-refractivity contribution in [2.45, 2.75) is 19.3 Å². The van der Waals surface area contributed by atoms with Crippen molar-refractivity contribution in [3.05, 3.63) is 28.2 Å². The van der Waals surface area contributed by atoms with Crippen molar-refractivity contribution < 1.29 is 28.3 Å². The molecule has 0 radical (unpaired) electrons. The summed E-state index contributed by atoms with van der Waals surface area (Å²) in [5.74, 6) is -3.58. The Labute approximate surface area is 126 Å². The Bertz CT molecular complexity index is 581. The van der Waals surface area contributed by atoms with E-state index in [9.17, 15) is 23.2 Å². The molecule has 0 spiro atoms. The second kappa shape index (κ2) is 7.67. The van der Waals surface area contributed by atoms with Gasteiger partial charge in [0.05, 0.1) is 10.2 Å². The van der Waals surface area contributed by atoms with E-state index in [-0.39, 0.29) is 29.4 Å². The summed E-state index contributed by atoms with van der Waals surface area (Å²) < 4.78 is 26.3. The first-order chi connectivity index (χ1) is 9.79. The molecule has 0 heterocycles. The maximum Gasteiger partial charge on any atom is 0.325 e. The lowest BCUT2D eigenvalue weighted by Crippen LogP contribution is -2.34. The van der Waals surface area contributed by atoms with Gasteiger partial charge in [-0.05, 0) is 28.4 Å². The average molecular weight is 365 g/mol. The number of benzene rings is 1. The Morgan fingerprint density at radius 1 is 1.14 bits per heavy atom. The molecule has 0 unspecified atom stereocenters. The van der Waals surface area contributed by atoms with E-state index in [4.69, 9.17) is 5.11 Å². The van der Waals surface area contributed by atoms with Gasteiger partial charge in [0.25, 0.3) is 0 Å². The highest BCUT2D eigenvalue weighted by atomic mass is 79.9. The molecule has 0 fully saturated rings. The normalized spacial score (nSPS) is 10.0. The summed E-state index contributed by atoms with van der Waals surface area (Å²) in [5, 5.41) is 12.3. The van der Waals surface area contributed by atoms with Gasteiger partial charge in [0.1, 0.15) is 11.6 Å². The number of carboxylic acids is 1. The maximum atomic E-state index is 13.4. The van der Waals surface area contributed by atoms with Crippen molar-refractivity contribution in [1.29, 1.82) is 0 Å². The fourth-order valence-corrected chi connectivity index (χ4v) is 1.70. The van der Waals surface area contributed by atoms with Crippen molar-refractivity contribution in [3.8, 4) is 0 Å². The molecule has 0 atom stereocenters. The number of hydrogen-bond acceptors (Lipinski definition) is 3. The zero-order valence-electron chi connectivity index (χ0n) is 10.6. The van der Waals surface area contributed by atoms with Crippen LogP contribution in [0.2, 0.25) is 0 Å². The van der Waals surface area contributed by atoms with Crippen LogP contribution >= 0.6 is 15.9 Å². The van der Waals surface area contributed by atoms with Crippen LogP contribution < -0.4 is 10.6 Å². The number of carbonyl (C=O) groups excluding carboxylic acids is 2. The van der Waals surface area contributed by atoms with Crippen LogP contribution in [0, 0.1) is 11.6 Å². The summed E-state index contributed by atoms with van der Waals surface area (Å²) in [6, 6.07) is 0.598.